The lowest BCUT2D eigenvalue weighted by Crippen LogP contribution is -2.47. The molecule has 2 saturated heterocycles. The van der Waals surface area contributed by atoms with Crippen molar-refractivity contribution in [3.63, 3.8) is 0 Å². The van der Waals surface area contributed by atoms with Gasteiger partial charge in [0.15, 0.2) is 5.79 Å². The minimum absolute atomic E-state index is 0.112. The molecule has 148 valence electrons. The predicted molar refractivity (Wildman–Crippen MR) is 100 cm³/mol. The van der Waals surface area contributed by atoms with E-state index in [-0.39, 0.29) is 11.8 Å². The van der Waals surface area contributed by atoms with Crippen LogP contribution in [0.25, 0.3) is 0 Å². The third kappa shape index (κ3) is 4.47. The van der Waals surface area contributed by atoms with Gasteiger partial charge in [0.2, 0.25) is 0 Å². The molecule has 2 aliphatic rings. The Labute approximate surface area is 160 Å². The molecule has 7 heteroatoms. The first kappa shape index (κ1) is 19.8. The fourth-order valence-corrected chi connectivity index (χ4v) is 3.69. The molecule has 0 aliphatic carbocycles. The quantitative estimate of drug-likeness (QED) is 0.763. The summed E-state index contributed by atoms with van der Waals surface area (Å²) in [6.45, 7) is 7.85. The van der Waals surface area contributed by atoms with E-state index in [0.29, 0.717) is 63.6 Å². The molecule has 0 atom stereocenters. The number of pyridine rings is 1. The maximum absolute atomic E-state index is 12.9. The fourth-order valence-electron chi connectivity index (χ4n) is 3.69. The first-order valence-corrected chi connectivity index (χ1v) is 9.92. The molecule has 0 saturated carbocycles. The molecule has 3 rings (SSSR count). The van der Waals surface area contributed by atoms with E-state index in [0.717, 1.165) is 12.8 Å². The van der Waals surface area contributed by atoms with Crippen molar-refractivity contribution in [3.05, 3.63) is 29.6 Å². The van der Waals surface area contributed by atoms with E-state index < -0.39 is 5.79 Å². The van der Waals surface area contributed by atoms with Crippen LogP contribution in [-0.4, -0.2) is 71.8 Å². The van der Waals surface area contributed by atoms with Gasteiger partial charge in [-0.05, 0) is 25.0 Å². The number of carbonyl (C=O) groups is 2. The van der Waals surface area contributed by atoms with E-state index in [1.165, 1.54) is 0 Å². The summed E-state index contributed by atoms with van der Waals surface area (Å²) in [5.41, 5.74) is 0.650. The van der Waals surface area contributed by atoms with E-state index >= 15 is 0 Å². The Hall–Kier alpha value is -1.99. The molecule has 1 spiro atoms. The molecular formula is C20H29N3O4. The summed E-state index contributed by atoms with van der Waals surface area (Å²) in [6, 6.07) is 5.09. The van der Waals surface area contributed by atoms with E-state index in [9.17, 15) is 9.59 Å². The molecule has 1 aromatic heterocycles. The lowest BCUT2D eigenvalue weighted by molar-refractivity contribution is -0.181. The summed E-state index contributed by atoms with van der Waals surface area (Å²) in [5, 5.41) is 0. The zero-order valence-corrected chi connectivity index (χ0v) is 16.3. The fraction of sp³-hybridized carbons (Fsp3) is 0.650. The zero-order chi connectivity index (χ0) is 19.3. The monoisotopic (exact) mass is 375 g/mol. The van der Waals surface area contributed by atoms with Crippen LogP contribution in [0.4, 0.5) is 0 Å². The van der Waals surface area contributed by atoms with Crippen LogP contribution in [0.1, 0.15) is 60.5 Å². The van der Waals surface area contributed by atoms with Gasteiger partial charge in [-0.25, -0.2) is 4.98 Å². The number of carbonyl (C=O) groups excluding carboxylic acids is 2. The molecule has 0 unspecified atom stereocenters. The van der Waals surface area contributed by atoms with Crippen molar-refractivity contribution in [3.8, 4) is 0 Å². The summed E-state index contributed by atoms with van der Waals surface area (Å²) in [5.74, 6) is -0.767. The van der Waals surface area contributed by atoms with Crippen LogP contribution in [-0.2, 0) is 9.47 Å². The van der Waals surface area contributed by atoms with Gasteiger partial charge in [0.05, 0.1) is 13.2 Å². The number of likely N-dealkylation sites (tertiary alicyclic amines) is 1. The Kier molecular flexibility index (Phi) is 6.44. The first-order chi connectivity index (χ1) is 13.1. The van der Waals surface area contributed by atoms with Crippen molar-refractivity contribution < 1.29 is 19.1 Å². The number of hydrogen-bond acceptors (Lipinski definition) is 5. The first-order valence-electron chi connectivity index (χ1n) is 9.92. The maximum Gasteiger partial charge on any atom is 0.272 e. The van der Waals surface area contributed by atoms with Crippen molar-refractivity contribution >= 4 is 11.8 Å². The maximum atomic E-state index is 12.9. The minimum Gasteiger partial charge on any atom is -0.347 e. The molecule has 3 heterocycles. The van der Waals surface area contributed by atoms with Crippen molar-refractivity contribution in [1.82, 2.24) is 14.8 Å². The Morgan fingerprint density at radius 1 is 1.07 bits per heavy atom. The molecule has 27 heavy (non-hydrogen) atoms. The SMILES string of the molecule is CCCN(CCC)C(=O)c1cccc(C(=O)N2CCC3(CC2)OCCO3)n1. The van der Waals surface area contributed by atoms with Gasteiger partial charge in [-0.1, -0.05) is 19.9 Å². The lowest BCUT2D eigenvalue weighted by atomic mass is 10.0. The Bertz CT molecular complexity index is 657. The second-order valence-electron chi connectivity index (χ2n) is 7.10. The van der Waals surface area contributed by atoms with Gasteiger partial charge in [0, 0.05) is 39.0 Å². The summed E-state index contributed by atoms with van der Waals surface area (Å²) in [6.07, 6.45) is 3.12. The number of nitrogens with zero attached hydrogens (tertiary/aromatic N) is 3. The molecule has 2 amide bonds. The topological polar surface area (TPSA) is 72.0 Å². The predicted octanol–water partition coefficient (Wildman–Crippen LogP) is 2.32. The number of piperidine rings is 1. The molecule has 0 radical (unpaired) electrons. The van der Waals surface area contributed by atoms with Crippen molar-refractivity contribution in [2.45, 2.75) is 45.3 Å². The zero-order valence-electron chi connectivity index (χ0n) is 16.3. The summed E-state index contributed by atoms with van der Waals surface area (Å²) in [7, 11) is 0. The summed E-state index contributed by atoms with van der Waals surface area (Å²) < 4.78 is 11.4. The standard InChI is InChI=1S/C20H29N3O4/c1-3-10-22(11-4-2)18(24)16-6-5-7-17(21-16)19(25)23-12-8-20(9-13-23)26-14-15-27-20/h5-7H,3-4,8-15H2,1-2H3. The van der Waals surface area contributed by atoms with Gasteiger partial charge in [-0.15, -0.1) is 0 Å². The molecule has 0 bridgehead atoms. The van der Waals surface area contributed by atoms with E-state index in [4.69, 9.17) is 9.47 Å². The van der Waals surface area contributed by atoms with Crippen LogP contribution in [0.3, 0.4) is 0 Å². The van der Waals surface area contributed by atoms with Gasteiger partial charge in [0.1, 0.15) is 11.4 Å². The molecule has 0 N–H and O–H groups in total. The average Bonchev–Trinajstić information content (AvgIpc) is 3.15. The van der Waals surface area contributed by atoms with Gasteiger partial charge in [0.25, 0.3) is 11.8 Å². The van der Waals surface area contributed by atoms with Crippen molar-refractivity contribution in [2.24, 2.45) is 0 Å². The van der Waals surface area contributed by atoms with Crippen LogP contribution in [0.15, 0.2) is 18.2 Å². The second kappa shape index (κ2) is 8.80. The summed E-state index contributed by atoms with van der Waals surface area (Å²) in [4.78, 5) is 33.6. The highest BCUT2D eigenvalue weighted by molar-refractivity contribution is 5.96. The number of hydrogen-bond donors (Lipinski definition) is 0. The van der Waals surface area contributed by atoms with Gasteiger partial charge < -0.3 is 19.3 Å². The van der Waals surface area contributed by atoms with E-state index in [1.807, 2.05) is 13.8 Å². The molecule has 1 aromatic rings. The van der Waals surface area contributed by atoms with Gasteiger partial charge in [-0.2, -0.15) is 0 Å². The summed E-state index contributed by atoms with van der Waals surface area (Å²) >= 11 is 0. The van der Waals surface area contributed by atoms with Gasteiger partial charge >= 0.3 is 0 Å². The highest BCUT2D eigenvalue weighted by atomic mass is 16.7. The Balaban J connectivity index is 1.67. The lowest BCUT2D eigenvalue weighted by Gasteiger charge is -2.37. The van der Waals surface area contributed by atoms with E-state index in [2.05, 4.69) is 4.98 Å². The Morgan fingerprint density at radius 3 is 2.26 bits per heavy atom. The molecule has 0 aromatic carbocycles. The minimum atomic E-state index is -0.511. The number of amides is 2. The molecule has 2 aliphatic heterocycles. The third-order valence-electron chi connectivity index (χ3n) is 5.09. The largest absolute Gasteiger partial charge is 0.347 e. The Morgan fingerprint density at radius 2 is 1.67 bits per heavy atom. The number of aromatic nitrogens is 1. The van der Waals surface area contributed by atoms with Crippen molar-refractivity contribution in [2.75, 3.05) is 39.4 Å². The molecule has 7 nitrogen and oxygen atoms in total. The van der Waals surface area contributed by atoms with Crippen LogP contribution in [0, 0.1) is 0 Å². The average molecular weight is 375 g/mol. The molecule has 2 fully saturated rings. The number of rotatable bonds is 6. The molecular weight excluding hydrogens is 346 g/mol. The highest BCUT2D eigenvalue weighted by Crippen LogP contribution is 2.31. The highest BCUT2D eigenvalue weighted by Gasteiger charge is 2.41. The van der Waals surface area contributed by atoms with E-state index in [1.54, 1.807) is 28.0 Å². The van der Waals surface area contributed by atoms with Crippen molar-refractivity contribution in [1.29, 1.82) is 0 Å². The van der Waals surface area contributed by atoms with Crippen LogP contribution >= 0.6 is 0 Å². The normalized spacial score (nSPS) is 18.7. The van der Waals surface area contributed by atoms with Crippen LogP contribution in [0.5, 0.6) is 0 Å². The smallest absolute Gasteiger partial charge is 0.272 e. The van der Waals surface area contributed by atoms with Gasteiger partial charge in [-0.3, -0.25) is 9.59 Å². The van der Waals surface area contributed by atoms with Crippen LogP contribution in [0.2, 0.25) is 0 Å². The number of ether oxygens (including phenoxy) is 2. The van der Waals surface area contributed by atoms with Crippen LogP contribution < -0.4 is 0 Å². The second-order valence-corrected chi connectivity index (χ2v) is 7.10. The third-order valence-corrected chi connectivity index (χ3v) is 5.09.